The Morgan fingerprint density at radius 1 is 1.29 bits per heavy atom. The van der Waals surface area contributed by atoms with Crippen LogP contribution in [0.4, 0.5) is 5.69 Å². The third-order valence-electron chi connectivity index (χ3n) is 2.99. The lowest BCUT2D eigenvalue weighted by molar-refractivity contribution is -0.158. The number of para-hydroxylation sites is 1. The standard InChI is InChI=1S/C12H9NO4/c14-10-6-5-9(17-10)12(16)7-3-1-2-4-8(7)13-11(12)15/h1-6,9,16H,(H,13,15). The molecule has 2 heterocycles. The van der Waals surface area contributed by atoms with Crippen molar-refractivity contribution in [3.8, 4) is 0 Å². The van der Waals surface area contributed by atoms with E-state index in [-0.39, 0.29) is 0 Å². The van der Waals surface area contributed by atoms with Gasteiger partial charge in [0.15, 0.2) is 6.10 Å². The second kappa shape index (κ2) is 3.18. The van der Waals surface area contributed by atoms with E-state index in [1.807, 2.05) is 0 Å². The van der Waals surface area contributed by atoms with Crippen LogP contribution in [0.3, 0.4) is 0 Å². The maximum atomic E-state index is 11.9. The zero-order chi connectivity index (χ0) is 12.0. The highest BCUT2D eigenvalue weighted by molar-refractivity contribution is 6.06. The zero-order valence-corrected chi connectivity index (χ0v) is 8.71. The summed E-state index contributed by atoms with van der Waals surface area (Å²) < 4.78 is 4.91. The van der Waals surface area contributed by atoms with Gasteiger partial charge >= 0.3 is 5.97 Å². The smallest absolute Gasteiger partial charge is 0.331 e. The van der Waals surface area contributed by atoms with E-state index in [2.05, 4.69) is 5.32 Å². The van der Waals surface area contributed by atoms with E-state index in [1.165, 1.54) is 12.2 Å². The van der Waals surface area contributed by atoms with Gasteiger partial charge in [0.2, 0.25) is 5.60 Å². The second-order valence-electron chi connectivity index (χ2n) is 3.98. The molecule has 0 bridgehead atoms. The first kappa shape index (κ1) is 10.0. The van der Waals surface area contributed by atoms with Crippen molar-refractivity contribution in [2.45, 2.75) is 11.7 Å². The number of benzene rings is 1. The molecule has 0 saturated heterocycles. The van der Waals surface area contributed by atoms with Gasteiger partial charge in [-0.3, -0.25) is 4.79 Å². The molecule has 5 nitrogen and oxygen atoms in total. The minimum atomic E-state index is -1.83. The van der Waals surface area contributed by atoms with Crippen molar-refractivity contribution < 1.29 is 19.4 Å². The molecule has 3 rings (SSSR count). The SMILES string of the molecule is O=C1C=CC(C2(O)C(=O)Nc3ccccc32)O1. The molecule has 2 aliphatic rings. The molecule has 2 unspecified atom stereocenters. The van der Waals surface area contributed by atoms with Crippen molar-refractivity contribution in [3.63, 3.8) is 0 Å². The molecule has 2 aliphatic heterocycles. The van der Waals surface area contributed by atoms with Crippen LogP contribution in [0.25, 0.3) is 0 Å². The summed E-state index contributed by atoms with van der Waals surface area (Å²) in [6.07, 6.45) is 1.62. The molecule has 0 fully saturated rings. The number of rotatable bonds is 1. The summed E-state index contributed by atoms with van der Waals surface area (Å²) in [4.78, 5) is 22.9. The molecule has 0 radical (unpaired) electrons. The van der Waals surface area contributed by atoms with Crippen LogP contribution < -0.4 is 5.32 Å². The van der Waals surface area contributed by atoms with Gasteiger partial charge in [0.1, 0.15) is 0 Å². The van der Waals surface area contributed by atoms with E-state index in [0.29, 0.717) is 11.3 Å². The fourth-order valence-corrected chi connectivity index (χ4v) is 2.14. The van der Waals surface area contributed by atoms with Gasteiger partial charge in [0, 0.05) is 17.3 Å². The molecule has 1 aromatic carbocycles. The molecule has 0 saturated carbocycles. The monoisotopic (exact) mass is 231 g/mol. The molecule has 2 N–H and O–H groups in total. The highest BCUT2D eigenvalue weighted by atomic mass is 16.6. The third kappa shape index (κ3) is 1.23. The number of carbonyl (C=O) groups excluding carboxylic acids is 2. The number of hydrogen-bond acceptors (Lipinski definition) is 4. The molecule has 0 spiro atoms. The van der Waals surface area contributed by atoms with Gasteiger partial charge in [-0.2, -0.15) is 0 Å². The molecule has 86 valence electrons. The number of nitrogens with one attached hydrogen (secondary N) is 1. The number of anilines is 1. The van der Waals surface area contributed by atoms with Crippen molar-refractivity contribution in [3.05, 3.63) is 42.0 Å². The van der Waals surface area contributed by atoms with Crippen LogP contribution in [0.5, 0.6) is 0 Å². The Kier molecular flexibility index (Phi) is 1.88. The number of hydrogen-bond donors (Lipinski definition) is 2. The summed E-state index contributed by atoms with van der Waals surface area (Å²) in [6.45, 7) is 0. The molecule has 1 amide bonds. The summed E-state index contributed by atoms with van der Waals surface area (Å²) in [6, 6.07) is 6.78. The molecular weight excluding hydrogens is 222 g/mol. The van der Waals surface area contributed by atoms with Gasteiger partial charge in [0.05, 0.1) is 0 Å². The molecule has 1 aromatic rings. The third-order valence-corrected chi connectivity index (χ3v) is 2.99. The molecule has 0 aromatic heterocycles. The summed E-state index contributed by atoms with van der Waals surface area (Å²) in [7, 11) is 0. The number of esters is 1. The van der Waals surface area contributed by atoms with Crippen molar-refractivity contribution in [1.29, 1.82) is 0 Å². The summed E-state index contributed by atoms with van der Waals surface area (Å²) in [5.74, 6) is -1.14. The molecule has 0 aliphatic carbocycles. The fourth-order valence-electron chi connectivity index (χ4n) is 2.14. The van der Waals surface area contributed by atoms with E-state index in [0.717, 1.165) is 0 Å². The van der Waals surface area contributed by atoms with Crippen LogP contribution in [-0.4, -0.2) is 23.1 Å². The predicted molar refractivity (Wildman–Crippen MR) is 58.0 cm³/mol. The number of carbonyl (C=O) groups is 2. The zero-order valence-electron chi connectivity index (χ0n) is 8.71. The first-order valence-electron chi connectivity index (χ1n) is 5.14. The normalized spacial score (nSPS) is 30.1. The predicted octanol–water partition coefficient (Wildman–Crippen LogP) is 0.308. The van der Waals surface area contributed by atoms with E-state index >= 15 is 0 Å². The summed E-state index contributed by atoms with van der Waals surface area (Å²) >= 11 is 0. The Morgan fingerprint density at radius 3 is 2.76 bits per heavy atom. The largest absolute Gasteiger partial charge is 0.451 e. The number of fused-ring (bicyclic) bond motifs is 1. The van der Waals surface area contributed by atoms with Crippen LogP contribution in [0.15, 0.2) is 36.4 Å². The van der Waals surface area contributed by atoms with Crippen molar-refractivity contribution in [1.82, 2.24) is 0 Å². The van der Waals surface area contributed by atoms with Gasteiger partial charge in [-0.05, 0) is 12.1 Å². The maximum absolute atomic E-state index is 11.9. The lowest BCUT2D eigenvalue weighted by atomic mass is 9.89. The Balaban J connectivity index is 2.10. The Morgan fingerprint density at radius 2 is 2.06 bits per heavy atom. The average molecular weight is 231 g/mol. The molecule has 5 heteroatoms. The van der Waals surface area contributed by atoms with Gasteiger partial charge in [-0.1, -0.05) is 18.2 Å². The van der Waals surface area contributed by atoms with E-state index in [9.17, 15) is 14.7 Å². The van der Waals surface area contributed by atoms with Gasteiger partial charge < -0.3 is 15.2 Å². The summed E-state index contributed by atoms with van der Waals surface area (Å²) in [5, 5.41) is 13.1. The number of amides is 1. The first-order chi connectivity index (χ1) is 8.12. The van der Waals surface area contributed by atoms with Crippen molar-refractivity contribution >= 4 is 17.6 Å². The van der Waals surface area contributed by atoms with Gasteiger partial charge in [-0.15, -0.1) is 0 Å². The van der Waals surface area contributed by atoms with Crippen LogP contribution in [0.2, 0.25) is 0 Å². The topological polar surface area (TPSA) is 75.6 Å². The Bertz CT molecular complexity index is 551. The molecule has 17 heavy (non-hydrogen) atoms. The maximum Gasteiger partial charge on any atom is 0.331 e. The minimum absolute atomic E-state index is 0.425. The van der Waals surface area contributed by atoms with E-state index in [4.69, 9.17) is 4.74 Å². The van der Waals surface area contributed by atoms with Crippen LogP contribution in [0, 0.1) is 0 Å². The molecular formula is C12H9NO4. The highest BCUT2D eigenvalue weighted by Crippen LogP contribution is 2.40. The first-order valence-corrected chi connectivity index (χ1v) is 5.14. The number of aliphatic hydroxyl groups is 1. The quantitative estimate of drug-likeness (QED) is 0.682. The van der Waals surface area contributed by atoms with Crippen LogP contribution >= 0.6 is 0 Å². The van der Waals surface area contributed by atoms with Gasteiger partial charge in [0.25, 0.3) is 5.91 Å². The Labute approximate surface area is 96.7 Å². The highest BCUT2D eigenvalue weighted by Gasteiger charge is 2.53. The average Bonchev–Trinajstić information content (AvgIpc) is 2.85. The number of ether oxygens (including phenoxy) is 1. The van der Waals surface area contributed by atoms with Crippen molar-refractivity contribution in [2.75, 3.05) is 5.32 Å². The Hall–Kier alpha value is -2.14. The van der Waals surface area contributed by atoms with Crippen molar-refractivity contribution in [2.24, 2.45) is 0 Å². The van der Waals surface area contributed by atoms with E-state index < -0.39 is 23.6 Å². The number of cyclic esters (lactones) is 1. The minimum Gasteiger partial charge on any atom is -0.451 e. The fraction of sp³-hybridized carbons (Fsp3) is 0.167. The lowest BCUT2D eigenvalue weighted by Gasteiger charge is -2.25. The van der Waals surface area contributed by atoms with Gasteiger partial charge in [-0.25, -0.2) is 4.79 Å². The lowest BCUT2D eigenvalue weighted by Crippen LogP contribution is -2.45. The van der Waals surface area contributed by atoms with Crippen LogP contribution in [0.1, 0.15) is 5.56 Å². The summed E-state index contributed by atoms with van der Waals surface area (Å²) in [5.41, 5.74) is -0.870. The van der Waals surface area contributed by atoms with E-state index in [1.54, 1.807) is 24.3 Å². The van der Waals surface area contributed by atoms with Crippen LogP contribution in [-0.2, 0) is 19.9 Å². The molecule has 2 atom stereocenters. The second-order valence-corrected chi connectivity index (χ2v) is 3.98.